The molecular formula is C42H86O25S. The lowest BCUT2D eigenvalue weighted by molar-refractivity contribution is -0.173. The van der Waals surface area contributed by atoms with E-state index in [4.69, 9.17) is 4.74 Å². The lowest BCUT2D eigenvalue weighted by atomic mass is 10.4. The van der Waals surface area contributed by atoms with Crippen molar-refractivity contribution in [3.63, 3.8) is 0 Å². The summed E-state index contributed by atoms with van der Waals surface area (Å²) in [6.45, 7) is 18.6. The summed E-state index contributed by atoms with van der Waals surface area (Å²) >= 11 is 1.75. The second-order valence-electron chi connectivity index (χ2n) is 10.5. The molecule has 0 fully saturated rings. The number of hydrogen-bond donors (Lipinski definition) is 0. The molecule has 0 amide bonds. The fourth-order valence-corrected chi connectivity index (χ4v) is 1.78. The van der Waals surface area contributed by atoms with Crippen molar-refractivity contribution in [3.05, 3.63) is 0 Å². The first-order valence-electron chi connectivity index (χ1n) is 20.1. The van der Waals surface area contributed by atoms with Crippen molar-refractivity contribution in [2.75, 3.05) is 136 Å². The summed E-state index contributed by atoms with van der Waals surface area (Å²) in [6, 6.07) is 0. The van der Waals surface area contributed by atoms with Crippen LogP contribution in [0.3, 0.4) is 0 Å². The Balaban J connectivity index is -0.0000000705. The lowest BCUT2D eigenvalue weighted by Crippen LogP contribution is -2.16. The lowest BCUT2D eigenvalue weighted by Gasteiger charge is -2.02. The van der Waals surface area contributed by atoms with Crippen LogP contribution < -0.4 is 0 Å². The van der Waals surface area contributed by atoms with E-state index >= 15 is 0 Å². The number of methoxy groups -OCH3 is 8. The van der Waals surface area contributed by atoms with Crippen molar-refractivity contribution in [1.82, 2.24) is 0 Å². The summed E-state index contributed by atoms with van der Waals surface area (Å²) in [5.74, 6) is -4.12. The van der Waals surface area contributed by atoms with Crippen molar-refractivity contribution in [2.24, 2.45) is 0 Å². The summed E-state index contributed by atoms with van der Waals surface area (Å²) in [4.78, 5) is 91.8. The molecule has 68 heavy (non-hydrogen) atoms. The molecule has 0 unspecified atom stereocenters. The summed E-state index contributed by atoms with van der Waals surface area (Å²) in [7, 11) is 11.3. The summed E-state index contributed by atoms with van der Waals surface area (Å²) < 4.78 is 70.6. The second-order valence-corrected chi connectivity index (χ2v) is 11.3. The standard InChI is InChI=1S/2C6H10O5.2C5H8O4.C5H10O2.C4H10O.2C3H8O2.C3H8.C2H6S/c1-9-5(7)3-11-4-6(8)10-2;1-5(7)10-3-9-4-11-6(2)8;1-8-4(6)3-5(7)9-2;1-4(6)8-3-9-5(2)7;1-3-5(6)7-4-2;1-3-5-4-2;2*1-4-3-5-2;2*1-3-2/h2*3-4H2,1-2H3;2*3H2,1-2H3;3-4H2,1-2H3;3-4H2,1-2H3;2*3H2,1-2H3;3H2,1-2H3;1-2H3. The van der Waals surface area contributed by atoms with E-state index in [-0.39, 0.29) is 46.0 Å². The third-order valence-electron chi connectivity index (χ3n) is 4.33. The zero-order valence-corrected chi connectivity index (χ0v) is 45.1. The number of rotatable bonds is 20. The van der Waals surface area contributed by atoms with Gasteiger partial charge in [-0.3, -0.25) is 33.6 Å². The fraction of sp³-hybridized carbons (Fsp3) is 0.786. The number of carbonyl (C=O) groups excluding carboxylic acids is 9. The molecule has 0 rings (SSSR count). The maximum atomic E-state index is 10.4. The van der Waals surface area contributed by atoms with Crippen LogP contribution in [0.15, 0.2) is 0 Å². The van der Waals surface area contributed by atoms with Crippen molar-refractivity contribution >= 4 is 65.5 Å². The molecule has 0 aliphatic heterocycles. The monoisotopic (exact) mass is 1020 g/mol. The van der Waals surface area contributed by atoms with Crippen LogP contribution >= 0.6 is 11.8 Å². The van der Waals surface area contributed by atoms with Gasteiger partial charge in [-0.15, -0.1) is 0 Å². The zero-order chi connectivity index (χ0) is 55.4. The molecule has 0 aromatic heterocycles. The van der Waals surface area contributed by atoms with Crippen LogP contribution in [0.1, 0.15) is 88.5 Å². The maximum absolute atomic E-state index is 10.4. The van der Waals surface area contributed by atoms with E-state index in [0.29, 0.717) is 26.6 Å². The van der Waals surface area contributed by atoms with Gasteiger partial charge in [0.25, 0.3) is 0 Å². The van der Waals surface area contributed by atoms with Gasteiger partial charge in [0, 0.05) is 75.8 Å². The Morgan fingerprint density at radius 2 is 0.632 bits per heavy atom. The topological polar surface area (TPSA) is 301 Å². The number of ether oxygens (including phenoxy) is 16. The van der Waals surface area contributed by atoms with Crippen LogP contribution in [0.2, 0.25) is 0 Å². The molecule has 410 valence electrons. The van der Waals surface area contributed by atoms with Gasteiger partial charge in [0.2, 0.25) is 6.79 Å². The molecular weight excluding hydrogens is 937 g/mol. The highest BCUT2D eigenvalue weighted by Gasteiger charge is 2.07. The van der Waals surface area contributed by atoms with E-state index in [9.17, 15) is 43.2 Å². The Morgan fingerprint density at radius 3 is 0.794 bits per heavy atom. The molecule has 25 nitrogen and oxygen atoms in total. The highest BCUT2D eigenvalue weighted by Crippen LogP contribution is 1.86. The Bertz CT molecular complexity index is 1030. The van der Waals surface area contributed by atoms with Crippen molar-refractivity contribution in [2.45, 2.75) is 88.5 Å². The first-order chi connectivity index (χ1) is 32.0. The highest BCUT2D eigenvalue weighted by molar-refractivity contribution is 7.97. The molecule has 0 N–H and O–H groups in total. The van der Waals surface area contributed by atoms with Crippen LogP contribution in [0.5, 0.6) is 0 Å². The predicted molar refractivity (Wildman–Crippen MR) is 249 cm³/mol. The quantitative estimate of drug-likeness (QED) is 0.0546. The van der Waals surface area contributed by atoms with Gasteiger partial charge in [0.15, 0.2) is 13.6 Å². The minimum absolute atomic E-state index is 0.123. The Hall–Kier alpha value is -4.70. The van der Waals surface area contributed by atoms with Crippen LogP contribution in [0.4, 0.5) is 0 Å². The van der Waals surface area contributed by atoms with E-state index in [1.54, 1.807) is 54.0 Å². The summed E-state index contributed by atoms with van der Waals surface area (Å²) in [5.41, 5.74) is 0. The zero-order valence-electron chi connectivity index (χ0n) is 44.3. The first-order valence-corrected chi connectivity index (χ1v) is 21.7. The van der Waals surface area contributed by atoms with Gasteiger partial charge >= 0.3 is 53.7 Å². The second kappa shape index (κ2) is 85.6. The molecule has 0 saturated carbocycles. The van der Waals surface area contributed by atoms with Gasteiger partial charge in [0.1, 0.15) is 33.2 Å². The van der Waals surface area contributed by atoms with E-state index in [0.717, 1.165) is 13.2 Å². The van der Waals surface area contributed by atoms with E-state index in [2.05, 4.69) is 84.9 Å². The molecule has 0 atom stereocenters. The first kappa shape index (κ1) is 86.5. The Morgan fingerprint density at radius 1 is 0.353 bits per heavy atom. The van der Waals surface area contributed by atoms with Crippen LogP contribution in [0.25, 0.3) is 0 Å². The van der Waals surface area contributed by atoms with Crippen molar-refractivity contribution in [1.29, 1.82) is 0 Å². The molecule has 0 heterocycles. The number of esters is 9. The van der Waals surface area contributed by atoms with E-state index in [1.165, 1.54) is 62.6 Å². The Kier molecular flexibility index (Phi) is 109. The number of thioether (sulfide) groups is 1. The third-order valence-corrected chi connectivity index (χ3v) is 4.33. The number of carbonyl (C=O) groups is 9. The molecule has 0 aliphatic rings. The average molecular weight is 1020 g/mol. The van der Waals surface area contributed by atoms with Gasteiger partial charge in [-0.1, -0.05) is 27.2 Å². The minimum atomic E-state index is -0.582. The summed E-state index contributed by atoms with van der Waals surface area (Å²) in [5, 5.41) is 0. The highest BCUT2D eigenvalue weighted by atomic mass is 32.2. The molecule has 0 radical (unpaired) electrons. The summed E-state index contributed by atoms with van der Waals surface area (Å²) in [6.07, 6.45) is 5.50. The van der Waals surface area contributed by atoms with Gasteiger partial charge in [-0.2, -0.15) is 11.8 Å². The number of hydrogen-bond acceptors (Lipinski definition) is 26. The van der Waals surface area contributed by atoms with E-state index in [1.807, 2.05) is 26.4 Å². The van der Waals surface area contributed by atoms with Crippen molar-refractivity contribution in [3.8, 4) is 0 Å². The molecule has 0 aliphatic carbocycles. The minimum Gasteiger partial charge on any atom is -0.469 e. The van der Waals surface area contributed by atoms with Gasteiger partial charge in [-0.25, -0.2) is 9.59 Å². The maximum Gasteiger partial charge on any atom is 0.331 e. The van der Waals surface area contributed by atoms with Crippen LogP contribution in [-0.4, -0.2) is 190 Å². The molecule has 0 saturated heterocycles. The third kappa shape index (κ3) is 152. The SMILES string of the molecule is CC(=O)OCOC(C)=O.CC(=O)OCOCOC(C)=O.CCC.CCOC(=O)CC.CCOCC.COC(=O)CC(=O)OC.COC(=O)COCC(=O)OC.COCOC.COCOC.CSC. The van der Waals surface area contributed by atoms with Crippen molar-refractivity contribution < 1.29 is 119 Å². The van der Waals surface area contributed by atoms with Crippen LogP contribution in [0, 0.1) is 0 Å². The molecule has 0 aromatic carbocycles. The van der Waals surface area contributed by atoms with E-state index < -0.39 is 47.8 Å². The normalized spacial score (nSPS) is 8.29. The predicted octanol–water partition coefficient (Wildman–Crippen LogP) is 4.06. The molecule has 0 aromatic rings. The average Bonchev–Trinajstić information content (AvgIpc) is 3.28. The van der Waals surface area contributed by atoms with Crippen LogP contribution in [-0.2, 0) is 119 Å². The van der Waals surface area contributed by atoms with Gasteiger partial charge < -0.3 is 75.8 Å². The van der Waals surface area contributed by atoms with Gasteiger partial charge in [-0.05, 0) is 33.3 Å². The largest absolute Gasteiger partial charge is 0.469 e. The molecule has 0 bridgehead atoms. The Labute approximate surface area is 408 Å². The smallest absolute Gasteiger partial charge is 0.331 e. The fourth-order valence-electron chi connectivity index (χ4n) is 1.78. The molecule has 0 spiro atoms. The molecule has 26 heteroatoms. The van der Waals surface area contributed by atoms with Gasteiger partial charge in [0.05, 0.1) is 35.0 Å².